The Morgan fingerprint density at radius 2 is 1.76 bits per heavy atom. The molecule has 0 fully saturated rings. The molecule has 0 unspecified atom stereocenters. The Balaban J connectivity index is 2.66. The lowest BCUT2D eigenvalue weighted by Gasteiger charge is -2.09. The van der Waals surface area contributed by atoms with Crippen LogP contribution in [0.15, 0.2) is 29.2 Å². The Bertz CT molecular complexity index is 472. The standard InChI is InChI=1S/C8H7ClF3NO3S/c9-6-1-3-7(4-2-6)17(14,15)13-16-5-8(10,11)12/h1-4,13H,5H2. The van der Waals surface area contributed by atoms with E-state index in [1.807, 2.05) is 0 Å². The van der Waals surface area contributed by atoms with Gasteiger partial charge in [0.2, 0.25) is 0 Å². The Hall–Kier alpha value is -0.830. The highest BCUT2D eigenvalue weighted by atomic mass is 35.5. The third kappa shape index (κ3) is 4.90. The summed E-state index contributed by atoms with van der Waals surface area (Å²) in [5.41, 5.74) is 0. The Labute approximate surface area is 100 Å². The number of nitrogens with one attached hydrogen (secondary N) is 1. The predicted molar refractivity (Wildman–Crippen MR) is 53.8 cm³/mol. The van der Waals surface area contributed by atoms with Gasteiger partial charge in [0.25, 0.3) is 10.0 Å². The van der Waals surface area contributed by atoms with E-state index in [0.29, 0.717) is 5.02 Å². The van der Waals surface area contributed by atoms with Crippen LogP contribution >= 0.6 is 11.6 Å². The molecule has 1 aromatic rings. The van der Waals surface area contributed by atoms with Crippen molar-refractivity contribution in [2.24, 2.45) is 0 Å². The lowest BCUT2D eigenvalue weighted by molar-refractivity contribution is -0.181. The summed E-state index contributed by atoms with van der Waals surface area (Å²) in [6, 6.07) is 4.86. The SMILES string of the molecule is O=S(=O)(NOCC(F)(F)F)c1ccc(Cl)cc1. The number of hydrogen-bond donors (Lipinski definition) is 1. The molecule has 1 rings (SSSR count). The number of rotatable bonds is 4. The molecule has 17 heavy (non-hydrogen) atoms. The largest absolute Gasteiger partial charge is 0.413 e. The molecule has 0 heterocycles. The highest BCUT2D eigenvalue weighted by Gasteiger charge is 2.29. The van der Waals surface area contributed by atoms with Crippen molar-refractivity contribution in [2.75, 3.05) is 6.61 Å². The average Bonchev–Trinajstić information content (AvgIpc) is 2.15. The van der Waals surface area contributed by atoms with E-state index in [0.717, 1.165) is 12.1 Å². The second kappa shape index (κ2) is 5.21. The summed E-state index contributed by atoms with van der Waals surface area (Å²) in [4.78, 5) is 4.97. The lowest BCUT2D eigenvalue weighted by Crippen LogP contribution is -2.29. The average molecular weight is 290 g/mol. The van der Waals surface area contributed by atoms with Crippen LogP contribution in [0.2, 0.25) is 5.02 Å². The summed E-state index contributed by atoms with van der Waals surface area (Å²) in [6.07, 6.45) is -4.61. The fourth-order valence-corrected chi connectivity index (χ4v) is 1.78. The van der Waals surface area contributed by atoms with Crippen molar-refractivity contribution >= 4 is 21.6 Å². The third-order valence-corrected chi connectivity index (χ3v) is 3.01. The first-order chi connectivity index (χ1) is 7.71. The van der Waals surface area contributed by atoms with Gasteiger partial charge >= 0.3 is 6.18 Å². The first-order valence-corrected chi connectivity index (χ1v) is 6.03. The molecule has 0 spiro atoms. The van der Waals surface area contributed by atoms with Crippen molar-refractivity contribution in [1.82, 2.24) is 4.89 Å². The van der Waals surface area contributed by atoms with Gasteiger partial charge in [0.1, 0.15) is 0 Å². The Kier molecular flexibility index (Phi) is 4.36. The summed E-state index contributed by atoms with van der Waals surface area (Å²) in [5.74, 6) is 0. The minimum atomic E-state index is -4.61. The van der Waals surface area contributed by atoms with Crippen molar-refractivity contribution in [3.63, 3.8) is 0 Å². The third-order valence-electron chi connectivity index (χ3n) is 1.53. The second-order valence-corrected chi connectivity index (χ2v) is 5.03. The van der Waals surface area contributed by atoms with Gasteiger partial charge in [-0.2, -0.15) is 13.2 Å². The highest BCUT2D eigenvalue weighted by Crippen LogP contribution is 2.16. The summed E-state index contributed by atoms with van der Waals surface area (Å²) in [6.45, 7) is -1.71. The van der Waals surface area contributed by atoms with E-state index in [4.69, 9.17) is 11.6 Å². The van der Waals surface area contributed by atoms with Crippen LogP contribution in [0, 0.1) is 0 Å². The first-order valence-electron chi connectivity index (χ1n) is 4.17. The maximum atomic E-state index is 11.7. The molecule has 9 heteroatoms. The molecular formula is C8H7ClF3NO3S. The van der Waals surface area contributed by atoms with Gasteiger partial charge in [-0.3, -0.25) is 4.84 Å². The molecule has 0 aliphatic heterocycles. The summed E-state index contributed by atoms with van der Waals surface area (Å²) < 4.78 is 57.9. The van der Waals surface area contributed by atoms with Crippen LogP contribution < -0.4 is 4.89 Å². The van der Waals surface area contributed by atoms with Gasteiger partial charge in [0.05, 0.1) is 4.90 Å². The zero-order chi connectivity index (χ0) is 13.1. The van der Waals surface area contributed by atoms with Gasteiger partial charge in [-0.05, 0) is 24.3 Å². The molecule has 0 bridgehead atoms. The number of hydrogen-bond acceptors (Lipinski definition) is 3. The van der Waals surface area contributed by atoms with Gasteiger partial charge in [-0.15, -0.1) is 0 Å². The first kappa shape index (κ1) is 14.2. The minimum absolute atomic E-state index is 0.246. The van der Waals surface area contributed by atoms with Crippen LogP contribution in [0.5, 0.6) is 0 Å². The lowest BCUT2D eigenvalue weighted by atomic mass is 10.4. The fourth-order valence-electron chi connectivity index (χ4n) is 0.851. The van der Waals surface area contributed by atoms with Gasteiger partial charge < -0.3 is 0 Å². The quantitative estimate of drug-likeness (QED) is 0.864. The van der Waals surface area contributed by atoms with E-state index in [2.05, 4.69) is 4.84 Å². The van der Waals surface area contributed by atoms with Crippen LogP contribution in [0.25, 0.3) is 0 Å². The molecule has 4 nitrogen and oxygen atoms in total. The van der Waals surface area contributed by atoms with E-state index in [9.17, 15) is 21.6 Å². The van der Waals surface area contributed by atoms with E-state index in [1.165, 1.54) is 17.0 Å². The van der Waals surface area contributed by atoms with Crippen molar-refractivity contribution in [2.45, 2.75) is 11.1 Å². The van der Waals surface area contributed by atoms with Crippen LogP contribution in [-0.2, 0) is 14.9 Å². The molecule has 1 N–H and O–H groups in total. The van der Waals surface area contributed by atoms with E-state index < -0.39 is 22.8 Å². The highest BCUT2D eigenvalue weighted by molar-refractivity contribution is 7.89. The van der Waals surface area contributed by atoms with Gasteiger partial charge in [-0.1, -0.05) is 16.5 Å². The molecule has 0 aromatic heterocycles. The summed E-state index contributed by atoms with van der Waals surface area (Å²) in [7, 11) is -4.13. The zero-order valence-electron chi connectivity index (χ0n) is 8.16. The van der Waals surface area contributed by atoms with Crippen molar-refractivity contribution in [1.29, 1.82) is 0 Å². The molecule has 0 saturated heterocycles. The Morgan fingerprint density at radius 3 is 2.24 bits per heavy atom. The molecule has 1 aromatic carbocycles. The van der Waals surface area contributed by atoms with Crippen LogP contribution in [-0.4, -0.2) is 21.2 Å². The smallest absolute Gasteiger partial charge is 0.277 e. The molecular weight excluding hydrogens is 283 g/mol. The number of alkyl halides is 3. The summed E-state index contributed by atoms with van der Waals surface area (Å²) >= 11 is 5.53. The molecule has 0 atom stereocenters. The monoisotopic (exact) mass is 289 g/mol. The molecule has 96 valence electrons. The number of sulfonamides is 1. The molecule has 0 radical (unpaired) electrons. The second-order valence-electron chi connectivity index (χ2n) is 2.94. The zero-order valence-corrected chi connectivity index (χ0v) is 9.73. The van der Waals surface area contributed by atoms with Crippen molar-refractivity contribution < 1.29 is 26.4 Å². The summed E-state index contributed by atoms with van der Waals surface area (Å²) in [5, 5.41) is 0.306. The topological polar surface area (TPSA) is 55.4 Å². The van der Waals surface area contributed by atoms with Gasteiger partial charge in [0.15, 0.2) is 6.61 Å². The van der Waals surface area contributed by atoms with E-state index in [-0.39, 0.29) is 4.90 Å². The van der Waals surface area contributed by atoms with Crippen LogP contribution in [0.1, 0.15) is 0 Å². The van der Waals surface area contributed by atoms with Crippen molar-refractivity contribution in [3.05, 3.63) is 29.3 Å². The van der Waals surface area contributed by atoms with E-state index in [1.54, 1.807) is 0 Å². The van der Waals surface area contributed by atoms with Crippen molar-refractivity contribution in [3.8, 4) is 0 Å². The Morgan fingerprint density at radius 1 is 1.24 bits per heavy atom. The molecule has 0 aliphatic carbocycles. The fraction of sp³-hybridized carbons (Fsp3) is 0.250. The normalized spacial score (nSPS) is 12.7. The number of benzene rings is 1. The maximum Gasteiger partial charge on any atom is 0.413 e. The molecule has 0 saturated carbocycles. The van der Waals surface area contributed by atoms with E-state index >= 15 is 0 Å². The maximum absolute atomic E-state index is 11.7. The van der Waals surface area contributed by atoms with Crippen LogP contribution in [0.3, 0.4) is 0 Å². The number of halogens is 4. The minimum Gasteiger partial charge on any atom is -0.277 e. The molecule has 0 amide bonds. The predicted octanol–water partition coefficient (Wildman–Crippen LogP) is 2.11. The van der Waals surface area contributed by atoms with Gasteiger partial charge in [-0.25, -0.2) is 8.42 Å². The van der Waals surface area contributed by atoms with Gasteiger partial charge in [0, 0.05) is 5.02 Å². The molecule has 0 aliphatic rings. The van der Waals surface area contributed by atoms with Crippen LogP contribution in [0.4, 0.5) is 13.2 Å².